The van der Waals surface area contributed by atoms with Crippen LogP contribution in [-0.4, -0.2) is 23.6 Å². The van der Waals surface area contributed by atoms with E-state index >= 15 is 0 Å². The minimum atomic E-state index is -4.65. The standard InChI is InChI=1S/C9H5ClF3N3O2S/c10-6-3-5(9(11,12)13)4-14-8(6)19(17,18)7-1-2-15-16-7/h1-4H,(H,15,16). The number of rotatable bonds is 2. The molecule has 19 heavy (non-hydrogen) atoms. The Bertz CT molecular complexity index is 698. The summed E-state index contributed by atoms with van der Waals surface area (Å²) in [7, 11) is -4.14. The quantitative estimate of drug-likeness (QED) is 0.923. The van der Waals surface area contributed by atoms with Gasteiger partial charge < -0.3 is 0 Å². The van der Waals surface area contributed by atoms with Gasteiger partial charge in [-0.3, -0.25) is 5.10 Å². The van der Waals surface area contributed by atoms with Gasteiger partial charge in [-0.1, -0.05) is 11.6 Å². The Hall–Kier alpha value is -1.61. The van der Waals surface area contributed by atoms with Crippen LogP contribution >= 0.6 is 11.6 Å². The number of nitrogens with zero attached hydrogens (tertiary/aromatic N) is 2. The van der Waals surface area contributed by atoms with E-state index in [1.165, 1.54) is 6.20 Å². The summed E-state index contributed by atoms with van der Waals surface area (Å²) in [5, 5.41) is 4.06. The van der Waals surface area contributed by atoms with Crippen LogP contribution in [0.1, 0.15) is 5.56 Å². The highest BCUT2D eigenvalue weighted by Crippen LogP contribution is 2.33. The number of H-pyrrole nitrogens is 1. The minimum absolute atomic E-state index is 0.373. The summed E-state index contributed by atoms with van der Waals surface area (Å²) < 4.78 is 61.1. The van der Waals surface area contributed by atoms with E-state index in [1.54, 1.807) is 0 Å². The Balaban J connectivity index is 2.54. The van der Waals surface area contributed by atoms with Crippen molar-refractivity contribution in [1.82, 2.24) is 15.2 Å². The average Bonchev–Trinajstić information content (AvgIpc) is 2.81. The molecule has 0 aliphatic heterocycles. The van der Waals surface area contributed by atoms with E-state index in [4.69, 9.17) is 11.6 Å². The van der Waals surface area contributed by atoms with Gasteiger partial charge in [0.1, 0.15) is 0 Å². The molecule has 1 N–H and O–H groups in total. The Kier molecular flexibility index (Phi) is 3.27. The number of hydrogen-bond acceptors (Lipinski definition) is 4. The van der Waals surface area contributed by atoms with Crippen LogP contribution < -0.4 is 0 Å². The smallest absolute Gasteiger partial charge is 0.284 e. The molecule has 0 spiro atoms. The maximum Gasteiger partial charge on any atom is 0.417 e. The van der Waals surface area contributed by atoms with Crippen LogP contribution in [-0.2, 0) is 16.0 Å². The lowest BCUT2D eigenvalue weighted by molar-refractivity contribution is -0.137. The Morgan fingerprint density at radius 1 is 1.32 bits per heavy atom. The third-order valence-corrected chi connectivity index (χ3v) is 4.15. The topological polar surface area (TPSA) is 75.7 Å². The maximum absolute atomic E-state index is 12.4. The van der Waals surface area contributed by atoms with Crippen molar-refractivity contribution in [3.63, 3.8) is 0 Å². The summed E-state index contributed by atoms with van der Waals surface area (Å²) in [5.41, 5.74) is -1.13. The predicted molar refractivity (Wildman–Crippen MR) is 58.3 cm³/mol. The monoisotopic (exact) mass is 311 g/mol. The lowest BCUT2D eigenvalue weighted by atomic mass is 10.3. The number of pyridine rings is 1. The average molecular weight is 312 g/mol. The molecule has 10 heteroatoms. The third kappa shape index (κ3) is 2.56. The van der Waals surface area contributed by atoms with E-state index in [-0.39, 0.29) is 5.03 Å². The Labute approximate surface area is 110 Å². The van der Waals surface area contributed by atoms with Crippen LogP contribution in [0.2, 0.25) is 5.02 Å². The van der Waals surface area contributed by atoms with Crippen molar-refractivity contribution in [2.24, 2.45) is 0 Å². The van der Waals surface area contributed by atoms with Crippen molar-refractivity contribution in [2.45, 2.75) is 16.2 Å². The van der Waals surface area contributed by atoms with Gasteiger partial charge in [0.15, 0.2) is 10.1 Å². The summed E-state index contributed by atoms with van der Waals surface area (Å²) in [6.45, 7) is 0. The summed E-state index contributed by atoms with van der Waals surface area (Å²) >= 11 is 5.56. The van der Waals surface area contributed by atoms with Crippen LogP contribution in [0.15, 0.2) is 34.6 Å². The molecule has 2 heterocycles. The molecular weight excluding hydrogens is 307 g/mol. The highest BCUT2D eigenvalue weighted by atomic mass is 35.5. The molecule has 0 atom stereocenters. The molecule has 2 rings (SSSR count). The number of nitrogens with one attached hydrogen (secondary N) is 1. The van der Waals surface area contributed by atoms with Crippen LogP contribution in [0.5, 0.6) is 0 Å². The predicted octanol–water partition coefficient (Wildman–Crippen LogP) is 2.31. The molecule has 0 saturated heterocycles. The first-order valence-electron chi connectivity index (χ1n) is 4.70. The molecule has 0 amide bonds. The molecule has 0 unspecified atom stereocenters. The molecule has 0 radical (unpaired) electrons. The van der Waals surface area contributed by atoms with Crippen molar-refractivity contribution in [1.29, 1.82) is 0 Å². The van der Waals surface area contributed by atoms with Gasteiger partial charge in [0.2, 0.25) is 9.84 Å². The first kappa shape index (κ1) is 13.8. The third-order valence-electron chi connectivity index (χ3n) is 2.14. The van der Waals surface area contributed by atoms with Gasteiger partial charge in [-0.05, 0) is 12.1 Å². The lowest BCUT2D eigenvalue weighted by Crippen LogP contribution is -2.10. The highest BCUT2D eigenvalue weighted by Gasteiger charge is 2.33. The molecule has 102 valence electrons. The van der Waals surface area contributed by atoms with Gasteiger partial charge in [-0.2, -0.15) is 18.3 Å². The van der Waals surface area contributed by atoms with Gasteiger partial charge in [0, 0.05) is 12.4 Å². The van der Waals surface area contributed by atoms with Crippen molar-refractivity contribution in [3.05, 3.63) is 35.1 Å². The fraction of sp³-hybridized carbons (Fsp3) is 0.111. The molecule has 2 aromatic rings. The van der Waals surface area contributed by atoms with Crippen LogP contribution in [0, 0.1) is 0 Å². The molecule has 2 aromatic heterocycles. The summed E-state index contributed by atoms with van der Waals surface area (Å²) in [4.78, 5) is 3.28. The SMILES string of the molecule is O=S(=O)(c1cc[nH]n1)c1ncc(C(F)(F)F)cc1Cl. The first-order chi connectivity index (χ1) is 8.73. The number of aromatic nitrogens is 3. The molecule has 0 aromatic carbocycles. The number of aromatic amines is 1. The molecule has 5 nitrogen and oxygen atoms in total. The van der Waals surface area contributed by atoms with Crippen molar-refractivity contribution in [2.75, 3.05) is 0 Å². The minimum Gasteiger partial charge on any atom is -0.284 e. The molecule has 0 fully saturated rings. The lowest BCUT2D eigenvalue weighted by Gasteiger charge is -2.08. The highest BCUT2D eigenvalue weighted by molar-refractivity contribution is 7.91. The van der Waals surface area contributed by atoms with Crippen molar-refractivity contribution >= 4 is 21.4 Å². The van der Waals surface area contributed by atoms with E-state index in [0.29, 0.717) is 12.3 Å². The van der Waals surface area contributed by atoms with E-state index in [1.807, 2.05) is 0 Å². The number of alkyl halides is 3. The number of halogens is 4. The van der Waals surface area contributed by atoms with Gasteiger partial charge in [0.25, 0.3) is 0 Å². The van der Waals surface area contributed by atoms with Crippen LogP contribution in [0.4, 0.5) is 13.2 Å². The number of hydrogen-bond donors (Lipinski definition) is 1. The zero-order valence-corrected chi connectivity index (χ0v) is 10.5. The molecule has 0 saturated carbocycles. The van der Waals surface area contributed by atoms with Gasteiger partial charge in [0.05, 0.1) is 10.6 Å². The van der Waals surface area contributed by atoms with E-state index < -0.39 is 31.6 Å². The second-order valence-corrected chi connectivity index (χ2v) is 5.64. The first-order valence-corrected chi connectivity index (χ1v) is 6.56. The zero-order chi connectivity index (χ0) is 14.3. The fourth-order valence-corrected chi connectivity index (χ4v) is 2.87. The van der Waals surface area contributed by atoms with E-state index in [9.17, 15) is 21.6 Å². The largest absolute Gasteiger partial charge is 0.417 e. The van der Waals surface area contributed by atoms with Crippen LogP contribution in [0.3, 0.4) is 0 Å². The second kappa shape index (κ2) is 4.49. The summed E-state index contributed by atoms with van der Waals surface area (Å²) in [6.07, 6.45) is -2.98. The summed E-state index contributed by atoms with van der Waals surface area (Å²) in [6, 6.07) is 1.65. The Morgan fingerprint density at radius 2 is 2.00 bits per heavy atom. The van der Waals surface area contributed by atoms with Crippen LogP contribution in [0.25, 0.3) is 0 Å². The zero-order valence-electron chi connectivity index (χ0n) is 8.94. The van der Waals surface area contributed by atoms with Gasteiger partial charge in [-0.15, -0.1) is 0 Å². The molecule has 0 aliphatic carbocycles. The molecule has 0 bridgehead atoms. The second-order valence-electron chi connectivity index (χ2n) is 3.42. The normalized spacial score (nSPS) is 12.6. The van der Waals surface area contributed by atoms with Crippen molar-refractivity contribution < 1.29 is 21.6 Å². The summed E-state index contributed by atoms with van der Waals surface area (Å²) in [5.74, 6) is 0. The van der Waals surface area contributed by atoms with E-state index in [0.717, 1.165) is 6.07 Å². The van der Waals surface area contributed by atoms with E-state index in [2.05, 4.69) is 15.2 Å². The van der Waals surface area contributed by atoms with Crippen molar-refractivity contribution in [3.8, 4) is 0 Å². The van der Waals surface area contributed by atoms with Gasteiger partial charge in [-0.25, -0.2) is 13.4 Å². The maximum atomic E-state index is 12.4. The van der Waals surface area contributed by atoms with Gasteiger partial charge >= 0.3 is 6.18 Å². The Morgan fingerprint density at radius 3 is 2.47 bits per heavy atom. The fourth-order valence-electron chi connectivity index (χ4n) is 1.27. The number of sulfone groups is 1. The molecular formula is C9H5ClF3N3O2S. The molecule has 0 aliphatic rings.